The SMILES string of the molecule is NC(=O)c1ccc([C@H]2O[C@]23Cc2ccccc2C3=O)cc1. The van der Waals surface area contributed by atoms with Crippen LogP contribution in [0.4, 0.5) is 0 Å². The van der Waals surface area contributed by atoms with Crippen LogP contribution in [0.5, 0.6) is 0 Å². The Bertz CT molecular complexity index is 766. The third kappa shape index (κ3) is 1.66. The van der Waals surface area contributed by atoms with Gasteiger partial charge in [0.15, 0.2) is 11.4 Å². The van der Waals surface area contributed by atoms with Gasteiger partial charge in [-0.2, -0.15) is 0 Å². The van der Waals surface area contributed by atoms with Gasteiger partial charge in [0, 0.05) is 17.5 Å². The Labute approximate surface area is 121 Å². The molecule has 1 saturated heterocycles. The number of nitrogens with two attached hydrogens (primary N) is 1. The summed E-state index contributed by atoms with van der Waals surface area (Å²) < 4.78 is 5.78. The van der Waals surface area contributed by atoms with Gasteiger partial charge in [-0.05, 0) is 23.3 Å². The van der Waals surface area contributed by atoms with Gasteiger partial charge in [0.25, 0.3) is 0 Å². The van der Waals surface area contributed by atoms with E-state index in [2.05, 4.69) is 0 Å². The third-order valence-corrected chi connectivity index (χ3v) is 4.29. The summed E-state index contributed by atoms with van der Waals surface area (Å²) in [5, 5.41) is 0. The molecule has 1 amide bonds. The highest BCUT2D eigenvalue weighted by molar-refractivity contribution is 6.09. The van der Waals surface area contributed by atoms with Crippen molar-refractivity contribution in [2.24, 2.45) is 5.73 Å². The fourth-order valence-corrected chi connectivity index (χ4v) is 3.13. The summed E-state index contributed by atoms with van der Waals surface area (Å²) in [6, 6.07) is 14.6. The molecule has 4 heteroatoms. The summed E-state index contributed by atoms with van der Waals surface area (Å²) in [5.41, 5.74) is 7.64. The average molecular weight is 279 g/mol. The predicted octanol–water partition coefficient (Wildman–Crippen LogP) is 2.03. The molecule has 1 aliphatic heterocycles. The molecule has 1 aliphatic carbocycles. The number of benzene rings is 2. The predicted molar refractivity (Wildman–Crippen MR) is 76.0 cm³/mol. The molecule has 0 unspecified atom stereocenters. The molecule has 1 heterocycles. The monoisotopic (exact) mass is 279 g/mol. The maximum absolute atomic E-state index is 12.5. The lowest BCUT2D eigenvalue weighted by Crippen LogP contribution is -2.20. The van der Waals surface area contributed by atoms with Crippen molar-refractivity contribution in [1.29, 1.82) is 0 Å². The largest absolute Gasteiger partial charge is 0.366 e. The number of hydrogen-bond donors (Lipinski definition) is 1. The summed E-state index contributed by atoms with van der Waals surface area (Å²) in [4.78, 5) is 23.6. The van der Waals surface area contributed by atoms with E-state index in [0.29, 0.717) is 12.0 Å². The molecular weight excluding hydrogens is 266 g/mol. The summed E-state index contributed by atoms with van der Waals surface area (Å²) >= 11 is 0. The number of epoxide rings is 1. The van der Waals surface area contributed by atoms with Crippen LogP contribution in [0.1, 0.15) is 37.9 Å². The van der Waals surface area contributed by atoms with Crippen LogP contribution >= 0.6 is 0 Å². The minimum absolute atomic E-state index is 0.0575. The molecule has 2 aromatic rings. The van der Waals surface area contributed by atoms with E-state index in [1.807, 2.05) is 24.3 Å². The number of carbonyl (C=O) groups is 2. The number of ketones is 1. The minimum atomic E-state index is -0.738. The van der Waals surface area contributed by atoms with Crippen molar-refractivity contribution in [3.05, 3.63) is 70.8 Å². The molecular formula is C17H13NO3. The van der Waals surface area contributed by atoms with Gasteiger partial charge in [-0.15, -0.1) is 0 Å². The number of Topliss-reactive ketones (excluding diaryl/α,β-unsaturated/α-hetero) is 1. The van der Waals surface area contributed by atoms with Crippen LogP contribution in [-0.4, -0.2) is 17.3 Å². The van der Waals surface area contributed by atoms with E-state index in [-0.39, 0.29) is 11.9 Å². The Hall–Kier alpha value is -2.46. The van der Waals surface area contributed by atoms with Gasteiger partial charge >= 0.3 is 0 Å². The van der Waals surface area contributed by atoms with Crippen molar-refractivity contribution in [2.75, 3.05) is 0 Å². The number of amides is 1. The van der Waals surface area contributed by atoms with Crippen LogP contribution in [0.3, 0.4) is 0 Å². The molecule has 1 spiro atoms. The second-order valence-electron chi connectivity index (χ2n) is 5.54. The lowest BCUT2D eigenvalue weighted by molar-refractivity contribution is 0.0893. The van der Waals surface area contributed by atoms with Gasteiger partial charge in [-0.1, -0.05) is 36.4 Å². The molecule has 0 saturated carbocycles. The zero-order valence-electron chi connectivity index (χ0n) is 11.2. The quantitative estimate of drug-likeness (QED) is 0.855. The van der Waals surface area contributed by atoms with Gasteiger partial charge in [-0.3, -0.25) is 9.59 Å². The Morgan fingerprint density at radius 3 is 2.52 bits per heavy atom. The van der Waals surface area contributed by atoms with Gasteiger partial charge in [0.05, 0.1) is 0 Å². The standard InChI is InChI=1S/C17H13NO3/c18-16(20)11-7-5-10(6-8-11)15-17(21-15)9-12-3-1-2-4-13(12)14(17)19/h1-8,15H,9H2,(H2,18,20)/t15-,17+/m1/s1. The smallest absolute Gasteiger partial charge is 0.248 e. The van der Waals surface area contributed by atoms with E-state index in [4.69, 9.17) is 10.5 Å². The summed E-state index contributed by atoms with van der Waals surface area (Å²) in [7, 11) is 0. The van der Waals surface area contributed by atoms with E-state index in [1.165, 1.54) is 0 Å². The van der Waals surface area contributed by atoms with Crippen molar-refractivity contribution in [3.63, 3.8) is 0 Å². The minimum Gasteiger partial charge on any atom is -0.366 e. The number of carbonyl (C=O) groups excluding carboxylic acids is 2. The Morgan fingerprint density at radius 1 is 1.14 bits per heavy atom. The molecule has 4 rings (SSSR count). The molecule has 0 bridgehead atoms. The molecule has 0 radical (unpaired) electrons. The second kappa shape index (κ2) is 4.02. The van der Waals surface area contributed by atoms with Crippen molar-refractivity contribution >= 4 is 11.7 Å². The van der Waals surface area contributed by atoms with Gasteiger partial charge in [-0.25, -0.2) is 0 Å². The first-order chi connectivity index (χ1) is 10.1. The molecule has 2 aromatic carbocycles. The molecule has 0 aromatic heterocycles. The molecule has 2 aliphatic rings. The van der Waals surface area contributed by atoms with E-state index >= 15 is 0 Å². The fraction of sp³-hybridized carbons (Fsp3) is 0.176. The summed E-state index contributed by atoms with van der Waals surface area (Å²) in [6.45, 7) is 0. The van der Waals surface area contributed by atoms with E-state index < -0.39 is 11.5 Å². The van der Waals surface area contributed by atoms with Gasteiger partial charge < -0.3 is 10.5 Å². The van der Waals surface area contributed by atoms with Crippen LogP contribution in [0.15, 0.2) is 48.5 Å². The van der Waals surface area contributed by atoms with Gasteiger partial charge in [0.2, 0.25) is 5.91 Å². The van der Waals surface area contributed by atoms with Crippen LogP contribution in [-0.2, 0) is 11.2 Å². The van der Waals surface area contributed by atoms with E-state index in [9.17, 15) is 9.59 Å². The molecule has 104 valence electrons. The zero-order chi connectivity index (χ0) is 14.6. The lowest BCUT2D eigenvalue weighted by Gasteiger charge is -2.02. The first-order valence-electron chi connectivity index (χ1n) is 6.82. The normalized spacial score (nSPS) is 25.9. The highest BCUT2D eigenvalue weighted by Gasteiger charge is 2.65. The zero-order valence-corrected chi connectivity index (χ0v) is 11.2. The maximum atomic E-state index is 12.5. The first kappa shape index (κ1) is 12.3. The second-order valence-corrected chi connectivity index (χ2v) is 5.54. The summed E-state index contributed by atoms with van der Waals surface area (Å²) in [5.74, 6) is -0.403. The molecule has 2 N–H and O–H groups in total. The highest BCUT2D eigenvalue weighted by Crippen LogP contribution is 2.56. The topological polar surface area (TPSA) is 72.7 Å². The number of hydrogen-bond acceptors (Lipinski definition) is 3. The number of rotatable bonds is 2. The van der Waals surface area contributed by atoms with E-state index in [1.54, 1.807) is 24.3 Å². The van der Waals surface area contributed by atoms with Crippen molar-refractivity contribution in [1.82, 2.24) is 0 Å². The molecule has 1 fully saturated rings. The van der Waals surface area contributed by atoms with Crippen LogP contribution < -0.4 is 5.73 Å². The number of primary amides is 1. The lowest BCUT2D eigenvalue weighted by atomic mass is 9.95. The Balaban J connectivity index is 1.64. The maximum Gasteiger partial charge on any atom is 0.248 e. The molecule has 21 heavy (non-hydrogen) atoms. The van der Waals surface area contributed by atoms with Crippen LogP contribution in [0, 0.1) is 0 Å². The first-order valence-corrected chi connectivity index (χ1v) is 6.82. The molecule has 4 nitrogen and oxygen atoms in total. The average Bonchev–Trinajstić information content (AvgIpc) is 3.15. The fourth-order valence-electron chi connectivity index (χ4n) is 3.13. The highest BCUT2D eigenvalue weighted by atomic mass is 16.6. The van der Waals surface area contributed by atoms with Gasteiger partial charge in [0.1, 0.15) is 6.10 Å². The number of fused-ring (bicyclic) bond motifs is 1. The van der Waals surface area contributed by atoms with E-state index in [0.717, 1.165) is 16.7 Å². The van der Waals surface area contributed by atoms with Crippen molar-refractivity contribution in [3.8, 4) is 0 Å². The van der Waals surface area contributed by atoms with Crippen LogP contribution in [0.2, 0.25) is 0 Å². The Morgan fingerprint density at radius 2 is 1.86 bits per heavy atom. The third-order valence-electron chi connectivity index (χ3n) is 4.29. The van der Waals surface area contributed by atoms with Crippen LogP contribution in [0.25, 0.3) is 0 Å². The molecule has 2 atom stereocenters. The van der Waals surface area contributed by atoms with Crippen molar-refractivity contribution < 1.29 is 14.3 Å². The summed E-state index contributed by atoms with van der Waals surface area (Å²) in [6.07, 6.45) is 0.379. The number of ether oxygens (including phenoxy) is 1. The Kier molecular flexibility index (Phi) is 2.35. The van der Waals surface area contributed by atoms with Crippen molar-refractivity contribution in [2.45, 2.75) is 18.1 Å².